The molecule has 98 valence electrons. The predicted molar refractivity (Wildman–Crippen MR) is 73.4 cm³/mol. The molecule has 1 heterocycles. The molecule has 2 aromatic rings. The zero-order chi connectivity index (χ0) is 13.8. The van der Waals surface area contributed by atoms with Gasteiger partial charge in [0.2, 0.25) is 0 Å². The predicted octanol–water partition coefficient (Wildman–Crippen LogP) is 2.72. The van der Waals surface area contributed by atoms with E-state index in [-0.39, 0.29) is 5.56 Å². The van der Waals surface area contributed by atoms with E-state index in [1.807, 2.05) is 0 Å². The zero-order valence-electron chi connectivity index (χ0n) is 9.44. The molecule has 2 rings (SSSR count). The minimum atomic E-state index is -0.510. The lowest BCUT2D eigenvalue weighted by Crippen LogP contribution is -2.41. The van der Waals surface area contributed by atoms with Crippen molar-refractivity contribution in [2.45, 2.75) is 0 Å². The third-order valence-electron chi connectivity index (χ3n) is 2.19. The molecule has 0 atom stereocenters. The van der Waals surface area contributed by atoms with Crippen LogP contribution in [-0.2, 0) is 0 Å². The number of thiophene rings is 1. The standard InChI is InChI=1S/C12H8BrFN2O2S/c13-10-6-5-9(19-10)12(18)16-15-11(17)7-1-3-8(14)4-2-7/h1-6H,(H,15,17)(H,16,18). The van der Waals surface area contributed by atoms with Crippen LogP contribution in [0.1, 0.15) is 20.0 Å². The second-order valence-corrected chi connectivity index (χ2v) is 5.98. The molecule has 0 spiro atoms. The van der Waals surface area contributed by atoms with Crippen LogP contribution in [0.2, 0.25) is 0 Å². The molecule has 2 N–H and O–H groups in total. The summed E-state index contributed by atoms with van der Waals surface area (Å²) in [6, 6.07) is 8.38. The smallest absolute Gasteiger partial charge is 0.267 e. The maximum atomic E-state index is 12.7. The van der Waals surface area contributed by atoms with Gasteiger partial charge in [0.05, 0.1) is 8.66 Å². The van der Waals surface area contributed by atoms with Crippen molar-refractivity contribution in [2.75, 3.05) is 0 Å². The molecule has 0 saturated heterocycles. The normalized spacial score (nSPS) is 10.0. The molecule has 4 nitrogen and oxygen atoms in total. The molecule has 1 aromatic heterocycles. The molecule has 7 heteroatoms. The second kappa shape index (κ2) is 5.94. The van der Waals surface area contributed by atoms with Crippen molar-refractivity contribution in [3.05, 3.63) is 56.4 Å². The van der Waals surface area contributed by atoms with Crippen molar-refractivity contribution < 1.29 is 14.0 Å². The van der Waals surface area contributed by atoms with Gasteiger partial charge < -0.3 is 0 Å². The van der Waals surface area contributed by atoms with E-state index in [1.54, 1.807) is 12.1 Å². The van der Waals surface area contributed by atoms with Crippen LogP contribution in [0, 0.1) is 5.82 Å². The number of hydrazine groups is 1. The Kier molecular flexibility index (Phi) is 4.28. The number of nitrogens with one attached hydrogen (secondary N) is 2. The summed E-state index contributed by atoms with van der Waals surface area (Å²) in [4.78, 5) is 23.8. The average Bonchev–Trinajstić information content (AvgIpc) is 2.83. The fourth-order valence-electron chi connectivity index (χ4n) is 1.28. The first kappa shape index (κ1) is 13.7. The number of carbonyl (C=O) groups excluding carboxylic acids is 2. The first-order valence-corrected chi connectivity index (χ1v) is 6.79. The summed E-state index contributed by atoms with van der Waals surface area (Å²) in [5, 5.41) is 0. The molecular weight excluding hydrogens is 335 g/mol. The molecule has 0 fully saturated rings. The van der Waals surface area contributed by atoms with Crippen molar-refractivity contribution in [3.63, 3.8) is 0 Å². The molecule has 0 unspecified atom stereocenters. The Balaban J connectivity index is 1.93. The van der Waals surface area contributed by atoms with Gasteiger partial charge in [-0.15, -0.1) is 11.3 Å². The highest BCUT2D eigenvalue weighted by Crippen LogP contribution is 2.21. The second-order valence-electron chi connectivity index (χ2n) is 3.52. The van der Waals surface area contributed by atoms with Gasteiger partial charge in [0, 0.05) is 5.56 Å². The summed E-state index contributed by atoms with van der Waals surface area (Å²) in [6.45, 7) is 0. The molecule has 0 saturated carbocycles. The van der Waals surface area contributed by atoms with E-state index in [0.717, 1.165) is 3.79 Å². The molecule has 1 aromatic carbocycles. The molecule has 0 radical (unpaired) electrons. The van der Waals surface area contributed by atoms with Gasteiger partial charge >= 0.3 is 0 Å². The highest BCUT2D eigenvalue weighted by atomic mass is 79.9. The summed E-state index contributed by atoms with van der Waals surface area (Å²) in [6.07, 6.45) is 0. The Morgan fingerprint density at radius 3 is 2.21 bits per heavy atom. The maximum absolute atomic E-state index is 12.7. The van der Waals surface area contributed by atoms with Crippen molar-refractivity contribution in [1.29, 1.82) is 0 Å². The number of halogens is 2. The van der Waals surface area contributed by atoms with E-state index in [1.165, 1.54) is 35.6 Å². The van der Waals surface area contributed by atoms with Gasteiger partial charge in [0.15, 0.2) is 0 Å². The van der Waals surface area contributed by atoms with Gasteiger partial charge in [0.1, 0.15) is 5.82 Å². The van der Waals surface area contributed by atoms with E-state index in [0.29, 0.717) is 4.88 Å². The first-order chi connectivity index (χ1) is 9.06. The van der Waals surface area contributed by atoms with Gasteiger partial charge in [-0.3, -0.25) is 20.4 Å². The summed E-state index contributed by atoms with van der Waals surface area (Å²) in [5.41, 5.74) is 4.80. The van der Waals surface area contributed by atoms with Gasteiger partial charge in [0.25, 0.3) is 11.8 Å². The Morgan fingerprint density at radius 1 is 1.00 bits per heavy atom. The molecule has 0 aliphatic rings. The van der Waals surface area contributed by atoms with E-state index in [4.69, 9.17) is 0 Å². The topological polar surface area (TPSA) is 58.2 Å². The SMILES string of the molecule is O=C(NNC(=O)c1ccc(Br)s1)c1ccc(F)cc1. The highest BCUT2D eigenvalue weighted by Gasteiger charge is 2.10. The number of hydrogen-bond acceptors (Lipinski definition) is 3. The number of hydrogen-bond donors (Lipinski definition) is 2. The molecular formula is C12H8BrFN2O2S. The Hall–Kier alpha value is -1.73. The van der Waals surface area contributed by atoms with Crippen LogP contribution in [0.15, 0.2) is 40.2 Å². The third-order valence-corrected chi connectivity index (χ3v) is 3.82. The first-order valence-electron chi connectivity index (χ1n) is 5.18. The Bertz CT molecular complexity index is 612. The van der Waals surface area contributed by atoms with Crippen LogP contribution in [0.5, 0.6) is 0 Å². The van der Waals surface area contributed by atoms with Gasteiger partial charge in [-0.25, -0.2) is 4.39 Å². The summed E-state index contributed by atoms with van der Waals surface area (Å²) >= 11 is 4.49. The molecule has 19 heavy (non-hydrogen) atoms. The number of carbonyl (C=O) groups is 2. The summed E-state index contributed by atoms with van der Waals surface area (Å²) in [5.74, 6) is -1.35. The van der Waals surface area contributed by atoms with Crippen LogP contribution < -0.4 is 10.9 Å². The van der Waals surface area contributed by atoms with Gasteiger partial charge in [-0.05, 0) is 52.3 Å². The van der Waals surface area contributed by atoms with Crippen molar-refractivity contribution in [1.82, 2.24) is 10.9 Å². The van der Waals surface area contributed by atoms with Crippen molar-refractivity contribution in [2.24, 2.45) is 0 Å². The van der Waals surface area contributed by atoms with Crippen molar-refractivity contribution >= 4 is 39.1 Å². The van der Waals surface area contributed by atoms with E-state index in [9.17, 15) is 14.0 Å². The number of rotatable bonds is 2. The lowest BCUT2D eigenvalue weighted by Gasteiger charge is -2.05. The number of amides is 2. The van der Waals surface area contributed by atoms with Crippen LogP contribution in [-0.4, -0.2) is 11.8 Å². The Morgan fingerprint density at radius 2 is 1.63 bits per heavy atom. The Labute approximate surface area is 120 Å². The van der Waals surface area contributed by atoms with Crippen LogP contribution >= 0.6 is 27.3 Å². The minimum Gasteiger partial charge on any atom is -0.267 e. The lowest BCUT2D eigenvalue weighted by atomic mass is 10.2. The highest BCUT2D eigenvalue weighted by molar-refractivity contribution is 9.11. The zero-order valence-corrected chi connectivity index (χ0v) is 11.8. The maximum Gasteiger partial charge on any atom is 0.279 e. The summed E-state index contributed by atoms with van der Waals surface area (Å²) in [7, 11) is 0. The molecule has 0 aliphatic heterocycles. The minimum absolute atomic E-state index is 0.258. The lowest BCUT2D eigenvalue weighted by molar-refractivity contribution is 0.0849. The van der Waals surface area contributed by atoms with Crippen LogP contribution in [0.3, 0.4) is 0 Å². The van der Waals surface area contributed by atoms with E-state index >= 15 is 0 Å². The monoisotopic (exact) mass is 342 g/mol. The molecule has 0 bridgehead atoms. The molecule has 0 aliphatic carbocycles. The fourth-order valence-corrected chi connectivity index (χ4v) is 2.57. The van der Waals surface area contributed by atoms with Crippen molar-refractivity contribution in [3.8, 4) is 0 Å². The largest absolute Gasteiger partial charge is 0.279 e. The fraction of sp³-hybridized carbons (Fsp3) is 0. The third kappa shape index (κ3) is 3.62. The quantitative estimate of drug-likeness (QED) is 0.824. The molecule has 2 amide bonds. The summed E-state index contributed by atoms with van der Waals surface area (Å²) < 4.78 is 13.5. The van der Waals surface area contributed by atoms with Crippen LogP contribution in [0.25, 0.3) is 0 Å². The van der Waals surface area contributed by atoms with Gasteiger partial charge in [-0.1, -0.05) is 0 Å². The van der Waals surface area contributed by atoms with Gasteiger partial charge in [-0.2, -0.15) is 0 Å². The number of benzene rings is 1. The van der Waals surface area contributed by atoms with Crippen LogP contribution in [0.4, 0.5) is 4.39 Å². The van der Waals surface area contributed by atoms with E-state index < -0.39 is 17.6 Å². The van der Waals surface area contributed by atoms with E-state index in [2.05, 4.69) is 26.8 Å². The average molecular weight is 343 g/mol.